The molecule has 0 saturated heterocycles. The maximum atomic E-state index is 5.58. The Balaban J connectivity index is 1.12. The first kappa shape index (κ1) is 31.8. The lowest BCUT2D eigenvalue weighted by molar-refractivity contribution is 0.394. The van der Waals surface area contributed by atoms with Crippen LogP contribution in [0.15, 0.2) is 176 Å². The van der Waals surface area contributed by atoms with E-state index in [2.05, 4.69) is 147 Å². The summed E-state index contributed by atoms with van der Waals surface area (Å²) in [6, 6.07) is 60.8. The second kappa shape index (κ2) is 13.5. The lowest BCUT2D eigenvalue weighted by Gasteiger charge is -2.26. The lowest BCUT2D eigenvalue weighted by Crippen LogP contribution is -2.10. The summed E-state index contributed by atoms with van der Waals surface area (Å²) < 4.78 is 15.6. The summed E-state index contributed by atoms with van der Waals surface area (Å²) >= 11 is 0. The van der Waals surface area contributed by atoms with Crippen LogP contribution in [-0.2, 0) is 0 Å². The van der Waals surface area contributed by atoms with E-state index in [0.717, 1.165) is 45.4 Å². The fourth-order valence-corrected chi connectivity index (χ4v) is 7.15. The summed E-state index contributed by atoms with van der Waals surface area (Å²) in [7, 11) is 3.29. The third kappa shape index (κ3) is 5.74. The highest BCUT2D eigenvalue weighted by Gasteiger charge is 2.20. The van der Waals surface area contributed by atoms with E-state index in [1.165, 1.54) is 21.8 Å². The molecule has 0 fully saturated rings. The van der Waals surface area contributed by atoms with Gasteiger partial charge >= 0.3 is 0 Å². The molecule has 0 unspecified atom stereocenters. The molecule has 0 N–H and O–H groups in total. The normalized spacial score (nSPS) is 11.2. The van der Waals surface area contributed by atoms with Crippen LogP contribution in [0.1, 0.15) is 0 Å². The highest BCUT2D eigenvalue weighted by Crippen LogP contribution is 2.39. The summed E-state index contributed by atoms with van der Waals surface area (Å²) in [6.07, 6.45) is 0. The molecule has 0 aliphatic rings. The van der Waals surface area contributed by atoms with Gasteiger partial charge in [-0.25, -0.2) is 0 Å². The minimum absolute atomic E-state index is 0.678. The number of nitrogens with zero attached hydrogens (tertiary/aromatic N) is 5. The van der Waals surface area contributed by atoms with Crippen LogP contribution in [0.2, 0.25) is 0 Å². The van der Waals surface area contributed by atoms with Gasteiger partial charge in [-0.2, -0.15) is 0 Å². The van der Waals surface area contributed by atoms with Gasteiger partial charge in [0.15, 0.2) is 11.6 Å². The van der Waals surface area contributed by atoms with Gasteiger partial charge in [-0.15, -0.1) is 10.2 Å². The van der Waals surface area contributed by atoms with Crippen molar-refractivity contribution in [2.45, 2.75) is 0 Å². The van der Waals surface area contributed by atoms with Crippen molar-refractivity contribution in [3.8, 4) is 45.6 Å². The van der Waals surface area contributed by atoms with E-state index in [1.807, 2.05) is 42.5 Å². The van der Waals surface area contributed by atoms with E-state index in [-0.39, 0.29) is 0 Å². The van der Waals surface area contributed by atoms with Crippen molar-refractivity contribution >= 4 is 38.9 Å². The molecule has 7 aromatic carbocycles. The predicted molar refractivity (Wildman–Crippen MR) is 214 cm³/mol. The molecule has 9 rings (SSSR count). The molecule has 9 aromatic rings. The fourth-order valence-electron chi connectivity index (χ4n) is 7.15. The van der Waals surface area contributed by atoms with E-state index in [0.29, 0.717) is 17.3 Å². The predicted octanol–water partition coefficient (Wildman–Crippen LogP) is 11.2. The Morgan fingerprint density at radius 2 is 0.868 bits per heavy atom. The molecule has 256 valence electrons. The molecule has 0 radical (unpaired) electrons. The average molecular weight is 690 g/mol. The van der Waals surface area contributed by atoms with Crippen LogP contribution in [0.4, 0.5) is 17.1 Å². The number of fused-ring (bicyclic) bond motifs is 3. The Morgan fingerprint density at radius 3 is 1.43 bits per heavy atom. The highest BCUT2D eigenvalue weighted by molar-refractivity contribution is 6.09. The first-order valence-corrected chi connectivity index (χ1v) is 17.5. The third-order valence-corrected chi connectivity index (χ3v) is 9.63. The number of aromatic nitrogens is 4. The molecular weight excluding hydrogens is 655 g/mol. The van der Waals surface area contributed by atoms with Crippen LogP contribution < -0.4 is 14.4 Å². The Morgan fingerprint density at radius 1 is 0.415 bits per heavy atom. The van der Waals surface area contributed by atoms with Crippen LogP contribution in [0.25, 0.3) is 56.0 Å². The molecule has 0 aliphatic heterocycles. The minimum atomic E-state index is 0.678. The van der Waals surface area contributed by atoms with Gasteiger partial charge in [0, 0.05) is 56.4 Å². The Kier molecular flexibility index (Phi) is 8.13. The van der Waals surface area contributed by atoms with Crippen molar-refractivity contribution in [2.24, 2.45) is 0 Å². The number of rotatable bonds is 9. The number of hydrogen-bond acceptors (Lipinski definition) is 5. The third-order valence-electron chi connectivity index (χ3n) is 9.63. The zero-order valence-electron chi connectivity index (χ0n) is 29.3. The lowest BCUT2D eigenvalue weighted by atomic mass is 10.1. The highest BCUT2D eigenvalue weighted by atomic mass is 16.5. The largest absolute Gasteiger partial charge is 0.497 e. The number of hydrogen-bond donors (Lipinski definition) is 0. The minimum Gasteiger partial charge on any atom is -0.497 e. The van der Waals surface area contributed by atoms with Crippen LogP contribution in [0.3, 0.4) is 0 Å². The average Bonchev–Trinajstić information content (AvgIpc) is 3.82. The summed E-state index contributed by atoms with van der Waals surface area (Å²) in [4.78, 5) is 2.27. The molecule has 7 heteroatoms. The molecule has 0 amide bonds. The maximum Gasteiger partial charge on any atom is 0.169 e. The topological polar surface area (TPSA) is 57.3 Å². The first-order valence-electron chi connectivity index (χ1n) is 17.5. The fraction of sp³-hybridized carbons (Fsp3) is 0.0435. The zero-order chi connectivity index (χ0) is 35.7. The van der Waals surface area contributed by atoms with Crippen molar-refractivity contribution in [2.75, 3.05) is 19.1 Å². The van der Waals surface area contributed by atoms with Crippen LogP contribution in [0.5, 0.6) is 11.5 Å². The van der Waals surface area contributed by atoms with Gasteiger partial charge < -0.3 is 18.9 Å². The molecule has 53 heavy (non-hydrogen) atoms. The van der Waals surface area contributed by atoms with Gasteiger partial charge in [-0.05, 0) is 97.1 Å². The quantitative estimate of drug-likeness (QED) is 0.151. The molecule has 0 spiro atoms. The number of anilines is 3. The van der Waals surface area contributed by atoms with E-state index in [9.17, 15) is 0 Å². The molecule has 2 heterocycles. The molecule has 2 aromatic heterocycles. The molecule has 0 bridgehead atoms. The van der Waals surface area contributed by atoms with Gasteiger partial charge in [0.25, 0.3) is 0 Å². The second-order valence-corrected chi connectivity index (χ2v) is 12.7. The summed E-state index contributed by atoms with van der Waals surface area (Å²) in [5.41, 5.74) is 9.33. The molecule has 0 aliphatic carbocycles. The van der Waals surface area contributed by atoms with Crippen molar-refractivity contribution in [3.63, 3.8) is 0 Å². The standard InChI is InChI=1S/C46H35N5O2/c1-52-39-29-33(30-40(31-39)53-2)46-48-47-45(51(46)35-15-7-4-8-16-35)32-21-23-36(24-22-32)49(34-13-5-3-6-14-34)37-25-27-38(28-26-37)50-43-19-11-9-17-41(43)42-18-10-12-20-44(42)50/h3-31H,1-2H3. The van der Waals surface area contributed by atoms with Gasteiger partial charge in [0.1, 0.15) is 11.5 Å². The van der Waals surface area contributed by atoms with Crippen LogP contribution >= 0.6 is 0 Å². The van der Waals surface area contributed by atoms with E-state index in [4.69, 9.17) is 19.7 Å². The van der Waals surface area contributed by atoms with Crippen LogP contribution in [-0.4, -0.2) is 33.6 Å². The number of para-hydroxylation sites is 4. The van der Waals surface area contributed by atoms with Crippen molar-refractivity contribution in [1.82, 2.24) is 19.3 Å². The second-order valence-electron chi connectivity index (χ2n) is 12.7. The monoisotopic (exact) mass is 689 g/mol. The van der Waals surface area contributed by atoms with Gasteiger partial charge in [0.05, 0.1) is 25.3 Å². The number of benzene rings is 7. The van der Waals surface area contributed by atoms with Gasteiger partial charge in [0.2, 0.25) is 0 Å². The summed E-state index contributed by atoms with van der Waals surface area (Å²) in [5, 5.41) is 11.9. The SMILES string of the molecule is COc1cc(OC)cc(-c2nnc(-c3ccc(N(c4ccccc4)c4ccc(-n5c6ccccc6c6ccccc65)cc4)cc3)n2-c2ccccc2)c1. The summed E-state index contributed by atoms with van der Waals surface area (Å²) in [5.74, 6) is 2.76. The molecular formula is C46H35N5O2. The molecule has 7 nitrogen and oxygen atoms in total. The van der Waals surface area contributed by atoms with E-state index in [1.54, 1.807) is 14.2 Å². The van der Waals surface area contributed by atoms with E-state index < -0.39 is 0 Å². The Bertz CT molecular complexity index is 2610. The van der Waals surface area contributed by atoms with Gasteiger partial charge in [-0.3, -0.25) is 4.57 Å². The first-order chi connectivity index (χ1) is 26.2. The Labute approximate surface area is 307 Å². The molecule has 0 saturated carbocycles. The molecule has 0 atom stereocenters. The number of methoxy groups -OCH3 is 2. The summed E-state index contributed by atoms with van der Waals surface area (Å²) in [6.45, 7) is 0. The van der Waals surface area contributed by atoms with E-state index >= 15 is 0 Å². The zero-order valence-corrected chi connectivity index (χ0v) is 29.3. The number of ether oxygens (including phenoxy) is 2. The van der Waals surface area contributed by atoms with Crippen molar-refractivity contribution in [3.05, 3.63) is 176 Å². The van der Waals surface area contributed by atoms with Gasteiger partial charge in [-0.1, -0.05) is 72.8 Å². The smallest absolute Gasteiger partial charge is 0.169 e. The van der Waals surface area contributed by atoms with Crippen LogP contribution in [0, 0.1) is 0 Å². The maximum absolute atomic E-state index is 5.58. The van der Waals surface area contributed by atoms with Crippen molar-refractivity contribution < 1.29 is 9.47 Å². The van der Waals surface area contributed by atoms with Crippen molar-refractivity contribution in [1.29, 1.82) is 0 Å². The Hall–Kier alpha value is -7.12.